The number of H-pyrrole nitrogens is 1. The summed E-state index contributed by atoms with van der Waals surface area (Å²) in [5, 5.41) is 3.28. The van der Waals surface area contributed by atoms with Crippen LogP contribution in [-0.4, -0.2) is 29.4 Å². The van der Waals surface area contributed by atoms with E-state index in [1.54, 1.807) is 18.2 Å². The summed E-state index contributed by atoms with van der Waals surface area (Å²) in [5.41, 5.74) is 4.72. The van der Waals surface area contributed by atoms with Gasteiger partial charge in [0.15, 0.2) is 6.61 Å². The first kappa shape index (κ1) is 18.9. The van der Waals surface area contributed by atoms with Crippen molar-refractivity contribution in [3.8, 4) is 0 Å². The van der Waals surface area contributed by atoms with Crippen molar-refractivity contribution in [2.45, 2.75) is 32.1 Å². The Morgan fingerprint density at radius 2 is 1.76 bits per heavy atom. The van der Waals surface area contributed by atoms with Gasteiger partial charge in [0, 0.05) is 16.6 Å². The number of amides is 2. The lowest BCUT2D eigenvalue weighted by atomic mass is 9.95. The molecule has 4 rings (SSSR count). The van der Waals surface area contributed by atoms with Crippen molar-refractivity contribution in [2.75, 3.05) is 6.61 Å². The van der Waals surface area contributed by atoms with Crippen LogP contribution in [0, 0.1) is 0 Å². The molecule has 1 heterocycles. The quantitative estimate of drug-likeness (QED) is 0.656. The van der Waals surface area contributed by atoms with Gasteiger partial charge in [0.2, 0.25) is 5.91 Å². The molecule has 6 nitrogen and oxygen atoms in total. The molecule has 1 aromatic heterocycles. The van der Waals surface area contributed by atoms with Gasteiger partial charge >= 0.3 is 5.97 Å². The molecule has 0 bridgehead atoms. The van der Waals surface area contributed by atoms with Crippen LogP contribution in [0.25, 0.3) is 10.9 Å². The average molecular weight is 390 g/mol. The number of benzene rings is 2. The summed E-state index contributed by atoms with van der Waals surface area (Å²) in [6.07, 6.45) is 4.44. The number of aromatic amines is 1. The molecule has 1 aliphatic carbocycles. The first-order valence-corrected chi connectivity index (χ1v) is 9.77. The maximum Gasteiger partial charge on any atom is 0.338 e. The molecule has 0 fully saturated rings. The zero-order valence-corrected chi connectivity index (χ0v) is 16.0. The van der Waals surface area contributed by atoms with E-state index >= 15 is 0 Å². The lowest BCUT2D eigenvalue weighted by molar-refractivity contribution is -0.132. The standard InChI is InChI=1S/C23H22N2O4/c26-21(12-15-6-2-1-3-7-15)25-22(27)14-29-23(28)16-10-11-20-18(13-16)17-8-4-5-9-19(17)24-20/h1-3,6-7,10-11,13,24H,4-5,8-9,12,14H2,(H,25,26,27). The van der Waals surface area contributed by atoms with Crippen molar-refractivity contribution < 1.29 is 19.1 Å². The Balaban J connectivity index is 1.34. The fourth-order valence-corrected chi connectivity index (χ4v) is 3.76. The molecule has 0 saturated heterocycles. The fraction of sp³-hybridized carbons (Fsp3) is 0.261. The smallest absolute Gasteiger partial charge is 0.338 e. The maximum absolute atomic E-state index is 12.4. The molecule has 0 radical (unpaired) electrons. The minimum absolute atomic E-state index is 0.0930. The van der Waals surface area contributed by atoms with Crippen molar-refractivity contribution in [3.63, 3.8) is 0 Å². The van der Waals surface area contributed by atoms with Crippen LogP contribution in [0.5, 0.6) is 0 Å². The van der Waals surface area contributed by atoms with E-state index in [2.05, 4.69) is 10.3 Å². The molecule has 0 atom stereocenters. The molecule has 3 aromatic rings. The Morgan fingerprint density at radius 3 is 2.59 bits per heavy atom. The molecular weight excluding hydrogens is 368 g/mol. The first-order valence-electron chi connectivity index (χ1n) is 9.77. The summed E-state index contributed by atoms with van der Waals surface area (Å²) in [6, 6.07) is 14.5. The Hall–Kier alpha value is -3.41. The van der Waals surface area contributed by atoms with E-state index in [4.69, 9.17) is 4.74 Å². The number of carbonyl (C=O) groups excluding carboxylic acids is 3. The lowest BCUT2D eigenvalue weighted by Gasteiger charge is -2.10. The predicted molar refractivity (Wildman–Crippen MR) is 109 cm³/mol. The molecule has 0 unspecified atom stereocenters. The lowest BCUT2D eigenvalue weighted by Crippen LogP contribution is -2.35. The second-order valence-corrected chi connectivity index (χ2v) is 7.26. The van der Waals surface area contributed by atoms with Crippen molar-refractivity contribution in [1.29, 1.82) is 0 Å². The minimum atomic E-state index is -0.639. The highest BCUT2D eigenvalue weighted by Gasteiger charge is 2.18. The van der Waals surface area contributed by atoms with Crippen LogP contribution in [0.2, 0.25) is 0 Å². The number of nitrogens with one attached hydrogen (secondary N) is 2. The summed E-state index contributed by atoms with van der Waals surface area (Å²) >= 11 is 0. The van der Waals surface area contributed by atoms with Crippen LogP contribution in [-0.2, 0) is 33.6 Å². The van der Waals surface area contributed by atoms with E-state index in [1.165, 1.54) is 17.7 Å². The van der Waals surface area contributed by atoms with Crippen molar-refractivity contribution >= 4 is 28.7 Å². The summed E-state index contributed by atoms with van der Waals surface area (Å²) in [7, 11) is 0. The van der Waals surface area contributed by atoms with Gasteiger partial charge in [-0.1, -0.05) is 30.3 Å². The van der Waals surface area contributed by atoms with Gasteiger partial charge in [-0.3, -0.25) is 14.9 Å². The summed E-state index contributed by atoms with van der Waals surface area (Å²) in [5.74, 6) is -1.65. The van der Waals surface area contributed by atoms with Crippen LogP contribution in [0.1, 0.15) is 40.0 Å². The van der Waals surface area contributed by atoms with E-state index in [9.17, 15) is 14.4 Å². The highest BCUT2D eigenvalue weighted by molar-refractivity contribution is 5.99. The molecule has 148 valence electrons. The number of hydrogen-bond acceptors (Lipinski definition) is 4. The zero-order valence-electron chi connectivity index (χ0n) is 16.0. The Labute approximate surface area is 168 Å². The molecular formula is C23H22N2O4. The van der Waals surface area contributed by atoms with Gasteiger partial charge in [0.05, 0.1) is 12.0 Å². The third-order valence-electron chi connectivity index (χ3n) is 5.15. The van der Waals surface area contributed by atoms with Gasteiger partial charge in [-0.2, -0.15) is 0 Å². The number of aryl methyl sites for hydroxylation is 2. The maximum atomic E-state index is 12.4. The molecule has 0 saturated carbocycles. The largest absolute Gasteiger partial charge is 0.452 e. The number of imide groups is 1. The summed E-state index contributed by atoms with van der Waals surface area (Å²) in [6.45, 7) is -0.497. The third-order valence-corrected chi connectivity index (χ3v) is 5.15. The van der Waals surface area contributed by atoms with Gasteiger partial charge in [-0.05, 0) is 55.0 Å². The molecule has 6 heteroatoms. The van der Waals surface area contributed by atoms with E-state index < -0.39 is 24.4 Å². The Bertz CT molecular complexity index is 1070. The normalized spacial score (nSPS) is 13.0. The number of rotatable bonds is 5. The zero-order chi connectivity index (χ0) is 20.2. The van der Waals surface area contributed by atoms with Crippen molar-refractivity contribution in [2.24, 2.45) is 0 Å². The highest BCUT2D eigenvalue weighted by atomic mass is 16.5. The minimum Gasteiger partial charge on any atom is -0.452 e. The van der Waals surface area contributed by atoms with Crippen LogP contribution in [0.15, 0.2) is 48.5 Å². The van der Waals surface area contributed by atoms with Gasteiger partial charge in [-0.25, -0.2) is 4.79 Å². The van der Waals surface area contributed by atoms with Crippen LogP contribution in [0.3, 0.4) is 0 Å². The monoisotopic (exact) mass is 390 g/mol. The van der Waals surface area contributed by atoms with E-state index in [0.717, 1.165) is 35.7 Å². The summed E-state index contributed by atoms with van der Waals surface area (Å²) < 4.78 is 5.10. The topological polar surface area (TPSA) is 88.3 Å². The number of aromatic nitrogens is 1. The first-order chi connectivity index (χ1) is 14.1. The SMILES string of the molecule is O=C(COC(=O)c1ccc2[nH]c3c(c2c1)CCCC3)NC(=O)Cc1ccccc1. The van der Waals surface area contributed by atoms with E-state index in [1.807, 2.05) is 30.3 Å². The second kappa shape index (κ2) is 8.31. The van der Waals surface area contributed by atoms with E-state index in [-0.39, 0.29) is 6.42 Å². The number of carbonyl (C=O) groups is 3. The van der Waals surface area contributed by atoms with Gasteiger partial charge < -0.3 is 9.72 Å². The molecule has 0 spiro atoms. The summed E-state index contributed by atoms with van der Waals surface area (Å²) in [4.78, 5) is 39.6. The number of esters is 1. The number of ether oxygens (including phenoxy) is 1. The molecule has 1 aliphatic rings. The molecule has 2 N–H and O–H groups in total. The Kier molecular flexibility index (Phi) is 5.42. The fourth-order valence-electron chi connectivity index (χ4n) is 3.76. The van der Waals surface area contributed by atoms with E-state index in [0.29, 0.717) is 5.56 Å². The Morgan fingerprint density at radius 1 is 0.966 bits per heavy atom. The average Bonchev–Trinajstić information content (AvgIpc) is 3.10. The predicted octanol–water partition coefficient (Wildman–Crippen LogP) is 3.09. The van der Waals surface area contributed by atoms with Crippen LogP contribution in [0.4, 0.5) is 0 Å². The molecule has 29 heavy (non-hydrogen) atoms. The molecule has 0 aliphatic heterocycles. The van der Waals surface area contributed by atoms with Gasteiger partial charge in [0.1, 0.15) is 0 Å². The van der Waals surface area contributed by atoms with Crippen LogP contribution < -0.4 is 5.32 Å². The van der Waals surface area contributed by atoms with Gasteiger partial charge in [-0.15, -0.1) is 0 Å². The highest BCUT2D eigenvalue weighted by Crippen LogP contribution is 2.29. The van der Waals surface area contributed by atoms with Gasteiger partial charge in [0.25, 0.3) is 5.91 Å². The third kappa shape index (κ3) is 4.37. The molecule has 2 aromatic carbocycles. The number of fused-ring (bicyclic) bond motifs is 3. The van der Waals surface area contributed by atoms with Crippen molar-refractivity contribution in [3.05, 3.63) is 70.9 Å². The second-order valence-electron chi connectivity index (χ2n) is 7.26. The van der Waals surface area contributed by atoms with Crippen LogP contribution >= 0.6 is 0 Å². The van der Waals surface area contributed by atoms with Crippen molar-refractivity contribution in [1.82, 2.24) is 10.3 Å². The number of hydrogen-bond donors (Lipinski definition) is 2. The molecule has 2 amide bonds.